The maximum atomic E-state index is 15.5. The Morgan fingerprint density at radius 1 is 1.20 bits per heavy atom. The maximum Gasteiger partial charge on any atom is 0.303 e. The van der Waals surface area contributed by atoms with E-state index in [1.54, 1.807) is 11.0 Å². The molecule has 1 saturated heterocycles. The Labute approximate surface area is 229 Å². The standard InChI is InChI=1S/C27H29F3N4O5S/c1-6-20(16-8-7-9-19(23(16)28)27(29,30)26(2,3)36)31-24-17-14-21(34-10-12-40(37,38)13-11-34)22(39-5)15-18(17)25(35)33(4)32-24/h1,7-9,14-15,20,36H,10-13H2,2-5H3,(H,31,32)/t20-/m1/s1. The lowest BCUT2D eigenvalue weighted by Crippen LogP contribution is -2.41. The summed E-state index contributed by atoms with van der Waals surface area (Å²) in [5, 5.41) is 17.6. The van der Waals surface area contributed by atoms with Crippen molar-refractivity contribution in [3.8, 4) is 18.1 Å². The number of aromatic nitrogens is 2. The Bertz CT molecular complexity index is 1660. The molecule has 0 spiro atoms. The van der Waals surface area contributed by atoms with Gasteiger partial charge in [-0.1, -0.05) is 18.1 Å². The van der Waals surface area contributed by atoms with Crippen molar-refractivity contribution in [3.63, 3.8) is 0 Å². The highest BCUT2D eigenvalue weighted by Crippen LogP contribution is 2.42. The van der Waals surface area contributed by atoms with E-state index in [-0.39, 0.29) is 46.7 Å². The molecule has 0 aliphatic carbocycles. The number of ether oxygens (including phenoxy) is 1. The molecule has 0 saturated carbocycles. The highest BCUT2D eigenvalue weighted by atomic mass is 32.2. The normalized spacial score (nSPS) is 16.4. The maximum absolute atomic E-state index is 15.5. The number of aryl methyl sites for hydroxylation is 1. The number of terminal acetylenes is 1. The van der Waals surface area contributed by atoms with Crippen molar-refractivity contribution in [1.82, 2.24) is 9.78 Å². The van der Waals surface area contributed by atoms with Gasteiger partial charge in [-0.05, 0) is 32.0 Å². The van der Waals surface area contributed by atoms with Crippen LogP contribution in [0.4, 0.5) is 24.7 Å². The van der Waals surface area contributed by atoms with Crippen LogP contribution in [0.2, 0.25) is 0 Å². The minimum Gasteiger partial charge on any atom is -0.495 e. The van der Waals surface area contributed by atoms with Crippen LogP contribution >= 0.6 is 0 Å². The fourth-order valence-corrected chi connectivity index (χ4v) is 5.73. The van der Waals surface area contributed by atoms with Gasteiger partial charge in [-0.15, -0.1) is 6.42 Å². The second kappa shape index (κ2) is 10.3. The van der Waals surface area contributed by atoms with E-state index in [9.17, 15) is 27.1 Å². The van der Waals surface area contributed by atoms with Crippen LogP contribution in [0.1, 0.15) is 31.0 Å². The average Bonchev–Trinajstić information content (AvgIpc) is 2.89. The summed E-state index contributed by atoms with van der Waals surface area (Å²) < 4.78 is 75.7. The van der Waals surface area contributed by atoms with Gasteiger partial charge < -0.3 is 20.1 Å². The molecule has 1 aromatic heterocycles. The third kappa shape index (κ3) is 5.21. The minimum absolute atomic E-state index is 0.0574. The predicted molar refractivity (Wildman–Crippen MR) is 146 cm³/mol. The van der Waals surface area contributed by atoms with E-state index >= 15 is 4.39 Å². The van der Waals surface area contributed by atoms with Gasteiger partial charge in [0.25, 0.3) is 5.56 Å². The summed E-state index contributed by atoms with van der Waals surface area (Å²) in [4.78, 5) is 14.8. The number of alkyl halides is 2. The number of fused-ring (bicyclic) bond motifs is 1. The summed E-state index contributed by atoms with van der Waals surface area (Å²) in [5.41, 5.74) is -3.82. The van der Waals surface area contributed by atoms with Crippen LogP contribution in [0, 0.1) is 18.2 Å². The third-order valence-electron chi connectivity index (χ3n) is 6.93. The van der Waals surface area contributed by atoms with Crippen molar-refractivity contribution in [1.29, 1.82) is 0 Å². The number of benzene rings is 2. The number of nitrogens with zero attached hydrogens (tertiary/aromatic N) is 3. The molecule has 4 rings (SSSR count). The van der Waals surface area contributed by atoms with Gasteiger partial charge >= 0.3 is 5.92 Å². The zero-order chi connectivity index (χ0) is 29.6. The summed E-state index contributed by atoms with van der Waals surface area (Å²) in [7, 11) is -0.349. The van der Waals surface area contributed by atoms with Crippen LogP contribution < -0.4 is 20.5 Å². The lowest BCUT2D eigenvalue weighted by Gasteiger charge is -2.30. The summed E-state index contributed by atoms with van der Waals surface area (Å²) in [6, 6.07) is 5.13. The van der Waals surface area contributed by atoms with Crippen LogP contribution in [0.15, 0.2) is 35.1 Å². The molecule has 2 heterocycles. The molecule has 2 aromatic carbocycles. The number of sulfone groups is 1. The molecule has 2 N–H and O–H groups in total. The van der Waals surface area contributed by atoms with E-state index in [0.29, 0.717) is 11.4 Å². The highest BCUT2D eigenvalue weighted by Gasteiger charge is 2.49. The van der Waals surface area contributed by atoms with Gasteiger partial charge in [0.15, 0.2) is 15.7 Å². The molecule has 1 fully saturated rings. The van der Waals surface area contributed by atoms with Crippen LogP contribution in [0.25, 0.3) is 10.8 Å². The molecule has 40 heavy (non-hydrogen) atoms. The van der Waals surface area contributed by atoms with E-state index in [0.717, 1.165) is 24.6 Å². The first-order valence-corrected chi connectivity index (χ1v) is 14.1. The Morgan fingerprint density at radius 3 is 2.42 bits per heavy atom. The van der Waals surface area contributed by atoms with E-state index in [4.69, 9.17) is 11.2 Å². The number of hydrogen-bond acceptors (Lipinski definition) is 8. The van der Waals surface area contributed by atoms with Crippen molar-refractivity contribution in [2.24, 2.45) is 7.05 Å². The van der Waals surface area contributed by atoms with Crippen LogP contribution in [0.3, 0.4) is 0 Å². The fourth-order valence-electron chi connectivity index (χ4n) is 4.53. The number of methoxy groups -OCH3 is 1. The molecule has 0 bridgehead atoms. The summed E-state index contributed by atoms with van der Waals surface area (Å²) in [6.45, 7) is 2.15. The van der Waals surface area contributed by atoms with E-state index in [1.165, 1.54) is 32.4 Å². The topological polar surface area (TPSA) is 114 Å². The molecule has 0 unspecified atom stereocenters. The molecule has 0 radical (unpaired) electrons. The molecule has 1 aliphatic heterocycles. The van der Waals surface area contributed by atoms with E-state index in [1.807, 2.05) is 0 Å². The molecule has 214 valence electrons. The second-order valence-corrected chi connectivity index (χ2v) is 12.4. The average molecular weight is 579 g/mol. The zero-order valence-corrected chi connectivity index (χ0v) is 23.2. The Hall–Kier alpha value is -3.76. The van der Waals surface area contributed by atoms with Gasteiger partial charge in [-0.3, -0.25) is 4.79 Å². The van der Waals surface area contributed by atoms with Gasteiger partial charge in [0.1, 0.15) is 23.2 Å². The van der Waals surface area contributed by atoms with E-state index in [2.05, 4.69) is 16.3 Å². The van der Waals surface area contributed by atoms with Crippen molar-refractivity contribution >= 4 is 32.1 Å². The monoisotopic (exact) mass is 578 g/mol. The molecule has 0 amide bonds. The van der Waals surface area contributed by atoms with Crippen LogP contribution in [-0.4, -0.2) is 60.6 Å². The number of aliphatic hydroxyl groups is 1. The van der Waals surface area contributed by atoms with Gasteiger partial charge in [0.05, 0.1) is 35.3 Å². The first-order chi connectivity index (χ1) is 18.6. The smallest absolute Gasteiger partial charge is 0.303 e. The summed E-state index contributed by atoms with van der Waals surface area (Å²) in [5.74, 6) is -2.60. The SMILES string of the molecule is C#C[C@@H](Nc1nn(C)c(=O)c2cc(OC)c(N3CCS(=O)(=O)CC3)cc12)c1cccc(C(F)(F)C(C)(C)O)c1F. The number of nitrogens with one attached hydrogen (secondary N) is 1. The molecule has 3 aromatic rings. The Morgan fingerprint density at radius 2 is 1.85 bits per heavy atom. The summed E-state index contributed by atoms with van der Waals surface area (Å²) >= 11 is 0. The Kier molecular flexibility index (Phi) is 7.55. The van der Waals surface area contributed by atoms with Gasteiger partial charge in [-0.2, -0.15) is 13.9 Å². The Balaban J connectivity index is 1.84. The van der Waals surface area contributed by atoms with Gasteiger partial charge in [0.2, 0.25) is 0 Å². The molecule has 13 heteroatoms. The quantitative estimate of drug-likeness (QED) is 0.412. The van der Waals surface area contributed by atoms with E-state index < -0.39 is 44.3 Å². The lowest BCUT2D eigenvalue weighted by molar-refractivity contribution is -0.170. The molecule has 1 atom stereocenters. The van der Waals surface area contributed by atoms with Crippen molar-refractivity contribution in [2.45, 2.75) is 31.4 Å². The number of anilines is 2. The highest BCUT2D eigenvalue weighted by molar-refractivity contribution is 7.91. The first kappa shape index (κ1) is 29.2. The number of halogens is 3. The van der Waals surface area contributed by atoms with Crippen molar-refractivity contribution < 1.29 is 31.4 Å². The largest absolute Gasteiger partial charge is 0.495 e. The predicted octanol–water partition coefficient (Wildman–Crippen LogP) is 2.97. The lowest BCUT2D eigenvalue weighted by atomic mass is 9.90. The second-order valence-electron chi connectivity index (χ2n) is 10.1. The van der Waals surface area contributed by atoms with Crippen molar-refractivity contribution in [2.75, 3.05) is 41.9 Å². The van der Waals surface area contributed by atoms with Gasteiger partial charge in [0, 0.05) is 31.1 Å². The van der Waals surface area contributed by atoms with Crippen LogP contribution in [-0.2, 0) is 22.8 Å². The zero-order valence-electron chi connectivity index (χ0n) is 22.3. The molecular formula is C27H29F3N4O5S. The molecular weight excluding hydrogens is 549 g/mol. The summed E-state index contributed by atoms with van der Waals surface area (Å²) in [6.07, 6.45) is 5.70. The van der Waals surface area contributed by atoms with Gasteiger partial charge in [-0.25, -0.2) is 17.5 Å². The first-order valence-electron chi connectivity index (χ1n) is 12.3. The fraction of sp³-hybridized carbons (Fsp3) is 0.407. The number of hydrogen-bond donors (Lipinski definition) is 2. The minimum atomic E-state index is -3.93. The number of rotatable bonds is 7. The molecule has 1 aliphatic rings. The molecule has 9 nitrogen and oxygen atoms in total. The van der Waals surface area contributed by atoms with Crippen LogP contribution in [0.5, 0.6) is 5.75 Å². The van der Waals surface area contributed by atoms with Crippen molar-refractivity contribution in [3.05, 3.63) is 57.6 Å². The third-order valence-corrected chi connectivity index (χ3v) is 8.54.